The molecule has 0 saturated carbocycles. The van der Waals surface area contributed by atoms with Crippen molar-refractivity contribution in [1.29, 1.82) is 0 Å². The van der Waals surface area contributed by atoms with Gasteiger partial charge in [-0.1, -0.05) is 58.9 Å². The van der Waals surface area contributed by atoms with E-state index >= 15 is 0 Å². The van der Waals surface area contributed by atoms with Gasteiger partial charge in [0.05, 0.1) is 0 Å². The zero-order chi connectivity index (χ0) is 14.4. The average molecular weight is 278 g/mol. The minimum absolute atomic E-state index is 0.365. The van der Waals surface area contributed by atoms with Crippen LogP contribution in [0.2, 0.25) is 0 Å². The normalized spacial score (nSPS) is 12.7. The molecule has 2 nitrogen and oxygen atoms in total. The van der Waals surface area contributed by atoms with E-state index in [2.05, 4.69) is 58.9 Å². The van der Waals surface area contributed by atoms with Gasteiger partial charge in [0.25, 0.3) is 0 Å². The Kier molecular flexibility index (Phi) is 6.51. The van der Waals surface area contributed by atoms with Gasteiger partial charge in [0, 0.05) is 14.5 Å². The van der Waals surface area contributed by atoms with Crippen molar-refractivity contribution in [1.82, 2.24) is 0 Å². The standard InChI is InChI=1S/C16H27N2P/c1-6-14-9-7-8-10-15(14)11-16(17)18-19(12(2)3)13(4)5/h7-10,12-13H,6,11H2,1-5H3,(H2,17,18). The number of nitrogens with zero attached hydrogens (tertiary/aromatic N) is 1. The van der Waals surface area contributed by atoms with Crippen LogP contribution in [-0.2, 0) is 12.8 Å². The molecule has 2 N–H and O–H groups in total. The third kappa shape index (κ3) is 4.95. The van der Waals surface area contributed by atoms with Crippen LogP contribution in [0.15, 0.2) is 29.0 Å². The first-order valence-corrected chi connectivity index (χ1v) is 8.57. The first-order valence-electron chi connectivity index (χ1n) is 7.13. The molecule has 0 aromatic heterocycles. The summed E-state index contributed by atoms with van der Waals surface area (Å²) in [6.07, 6.45) is 1.83. The van der Waals surface area contributed by atoms with Gasteiger partial charge in [0.1, 0.15) is 5.84 Å². The van der Waals surface area contributed by atoms with Crippen molar-refractivity contribution in [2.24, 2.45) is 10.5 Å². The van der Waals surface area contributed by atoms with E-state index < -0.39 is 0 Å². The van der Waals surface area contributed by atoms with Crippen LogP contribution in [0.4, 0.5) is 0 Å². The minimum Gasteiger partial charge on any atom is -0.387 e. The number of amidine groups is 1. The first-order chi connectivity index (χ1) is 8.95. The predicted molar refractivity (Wildman–Crippen MR) is 88.3 cm³/mol. The zero-order valence-electron chi connectivity index (χ0n) is 12.9. The second kappa shape index (κ2) is 7.65. The maximum absolute atomic E-state index is 6.17. The van der Waals surface area contributed by atoms with Gasteiger partial charge < -0.3 is 5.73 Å². The Bertz CT molecular complexity index is 417. The summed E-state index contributed by atoms with van der Waals surface area (Å²) in [5, 5.41) is 0. The van der Waals surface area contributed by atoms with Crippen LogP contribution in [0.3, 0.4) is 0 Å². The maximum atomic E-state index is 6.17. The van der Waals surface area contributed by atoms with E-state index in [0.717, 1.165) is 18.7 Å². The van der Waals surface area contributed by atoms with Crippen LogP contribution < -0.4 is 5.73 Å². The van der Waals surface area contributed by atoms with E-state index in [0.29, 0.717) is 11.3 Å². The van der Waals surface area contributed by atoms with Crippen LogP contribution in [0.5, 0.6) is 0 Å². The first kappa shape index (κ1) is 16.2. The second-order valence-electron chi connectivity index (χ2n) is 5.46. The summed E-state index contributed by atoms with van der Waals surface area (Å²) in [5.41, 5.74) is 10.0. The molecule has 0 saturated heterocycles. The molecule has 1 aromatic rings. The largest absolute Gasteiger partial charge is 0.387 e. The Labute approximate surface area is 119 Å². The van der Waals surface area contributed by atoms with Crippen molar-refractivity contribution in [3.63, 3.8) is 0 Å². The minimum atomic E-state index is -0.365. The van der Waals surface area contributed by atoms with Crippen LogP contribution in [0, 0.1) is 0 Å². The fourth-order valence-electron chi connectivity index (χ4n) is 2.28. The average Bonchev–Trinajstić information content (AvgIpc) is 2.36. The molecule has 1 aromatic carbocycles. The van der Waals surface area contributed by atoms with E-state index in [1.165, 1.54) is 11.1 Å². The van der Waals surface area contributed by atoms with Crippen molar-refractivity contribution in [2.45, 2.75) is 58.8 Å². The lowest BCUT2D eigenvalue weighted by atomic mass is 10.0. The molecule has 0 bridgehead atoms. The van der Waals surface area contributed by atoms with Crippen LogP contribution >= 0.6 is 8.07 Å². The molecule has 0 atom stereocenters. The quantitative estimate of drug-likeness (QED) is 0.468. The highest BCUT2D eigenvalue weighted by Gasteiger charge is 2.16. The molecule has 0 aliphatic heterocycles. The van der Waals surface area contributed by atoms with Crippen molar-refractivity contribution >= 4 is 13.9 Å². The molecule has 0 fully saturated rings. The van der Waals surface area contributed by atoms with E-state index in [4.69, 9.17) is 10.5 Å². The van der Waals surface area contributed by atoms with Crippen molar-refractivity contribution in [3.05, 3.63) is 35.4 Å². The van der Waals surface area contributed by atoms with Crippen molar-refractivity contribution < 1.29 is 0 Å². The highest BCUT2D eigenvalue weighted by molar-refractivity contribution is 7.57. The lowest BCUT2D eigenvalue weighted by Crippen LogP contribution is -2.17. The number of hydrogen-bond acceptors (Lipinski definition) is 1. The summed E-state index contributed by atoms with van der Waals surface area (Å²) in [6.45, 7) is 11.1. The third-order valence-corrected chi connectivity index (χ3v) is 5.78. The third-order valence-electron chi connectivity index (χ3n) is 3.17. The molecule has 0 aliphatic rings. The Balaban J connectivity index is 2.86. The predicted octanol–water partition coefficient (Wildman–Crippen LogP) is 4.36. The summed E-state index contributed by atoms with van der Waals surface area (Å²) in [6, 6.07) is 8.50. The van der Waals surface area contributed by atoms with Gasteiger partial charge in [-0.25, -0.2) is 4.76 Å². The Morgan fingerprint density at radius 1 is 1.11 bits per heavy atom. The molecule has 0 unspecified atom stereocenters. The monoisotopic (exact) mass is 278 g/mol. The molecule has 19 heavy (non-hydrogen) atoms. The second-order valence-corrected chi connectivity index (χ2v) is 8.48. The highest BCUT2D eigenvalue weighted by atomic mass is 31.1. The molecular weight excluding hydrogens is 251 g/mol. The van der Waals surface area contributed by atoms with E-state index in [-0.39, 0.29) is 8.07 Å². The molecule has 0 heterocycles. The summed E-state index contributed by atoms with van der Waals surface area (Å²) in [5.74, 6) is 0.786. The summed E-state index contributed by atoms with van der Waals surface area (Å²) in [4.78, 5) is 0. The number of aryl methyl sites for hydroxylation is 1. The molecule has 0 spiro atoms. The van der Waals surface area contributed by atoms with Gasteiger partial charge in [-0.15, -0.1) is 0 Å². The summed E-state index contributed by atoms with van der Waals surface area (Å²) in [7, 11) is -0.365. The van der Waals surface area contributed by atoms with Gasteiger partial charge in [-0.05, 0) is 28.9 Å². The summed E-state index contributed by atoms with van der Waals surface area (Å²) < 4.78 is 4.81. The molecule has 0 radical (unpaired) electrons. The highest BCUT2D eigenvalue weighted by Crippen LogP contribution is 2.47. The number of rotatable bonds is 6. The molecule has 3 heteroatoms. The number of hydrogen-bond donors (Lipinski definition) is 1. The van der Waals surface area contributed by atoms with Crippen LogP contribution in [0.25, 0.3) is 0 Å². The lowest BCUT2D eigenvalue weighted by Gasteiger charge is -2.21. The fraction of sp³-hybridized carbons (Fsp3) is 0.562. The SMILES string of the molecule is CCc1ccccc1CC(N)=NP(C(C)C)C(C)C. The van der Waals surface area contributed by atoms with Crippen molar-refractivity contribution in [2.75, 3.05) is 0 Å². The zero-order valence-corrected chi connectivity index (χ0v) is 13.7. The van der Waals surface area contributed by atoms with E-state index in [9.17, 15) is 0 Å². The molecular formula is C16H27N2P. The van der Waals surface area contributed by atoms with Gasteiger partial charge in [-0.2, -0.15) is 0 Å². The summed E-state index contributed by atoms with van der Waals surface area (Å²) >= 11 is 0. The molecule has 1 rings (SSSR count). The number of benzene rings is 1. The number of nitrogens with two attached hydrogens (primary N) is 1. The topological polar surface area (TPSA) is 38.4 Å². The fourth-order valence-corrected chi connectivity index (χ4v) is 4.30. The molecule has 106 valence electrons. The Morgan fingerprint density at radius 3 is 2.11 bits per heavy atom. The van der Waals surface area contributed by atoms with Gasteiger partial charge in [-0.3, -0.25) is 0 Å². The van der Waals surface area contributed by atoms with Gasteiger partial charge >= 0.3 is 0 Å². The van der Waals surface area contributed by atoms with Crippen molar-refractivity contribution in [3.8, 4) is 0 Å². The lowest BCUT2D eigenvalue weighted by molar-refractivity contribution is 1.00. The van der Waals surface area contributed by atoms with Gasteiger partial charge in [0.15, 0.2) is 0 Å². The van der Waals surface area contributed by atoms with Crippen LogP contribution in [0.1, 0.15) is 45.7 Å². The molecule has 0 amide bonds. The smallest absolute Gasteiger partial charge is 0.102 e. The van der Waals surface area contributed by atoms with E-state index in [1.807, 2.05) is 0 Å². The maximum Gasteiger partial charge on any atom is 0.102 e. The van der Waals surface area contributed by atoms with Gasteiger partial charge in [0.2, 0.25) is 0 Å². The molecule has 0 aliphatic carbocycles. The van der Waals surface area contributed by atoms with E-state index in [1.54, 1.807) is 0 Å². The Hall–Kier alpha value is -0.880. The van der Waals surface area contributed by atoms with Crippen LogP contribution in [-0.4, -0.2) is 17.2 Å². The Morgan fingerprint density at radius 2 is 1.63 bits per heavy atom.